The molecule has 1 rings (SSSR count). The zero-order valence-corrected chi connectivity index (χ0v) is 11.4. The van der Waals surface area contributed by atoms with Crippen LogP contribution >= 0.6 is 0 Å². The fraction of sp³-hybridized carbons (Fsp3) is 0.846. The highest BCUT2D eigenvalue weighted by atomic mass is 16.6. The first-order valence-corrected chi connectivity index (χ1v) is 6.22. The van der Waals surface area contributed by atoms with E-state index in [0.29, 0.717) is 13.1 Å². The summed E-state index contributed by atoms with van der Waals surface area (Å²) >= 11 is 0. The van der Waals surface area contributed by atoms with E-state index in [1.165, 1.54) is 0 Å². The molecule has 4 nitrogen and oxygen atoms in total. The van der Waals surface area contributed by atoms with Crippen molar-refractivity contribution in [2.75, 3.05) is 13.1 Å². The molecule has 1 fully saturated rings. The van der Waals surface area contributed by atoms with Crippen LogP contribution in [0.25, 0.3) is 0 Å². The van der Waals surface area contributed by atoms with E-state index in [2.05, 4.69) is 0 Å². The Morgan fingerprint density at radius 1 is 1.29 bits per heavy atom. The van der Waals surface area contributed by atoms with Crippen molar-refractivity contribution in [3.8, 4) is 0 Å². The molecule has 0 aromatic rings. The number of nitrogens with zero attached hydrogens (tertiary/aromatic N) is 1. The number of carbonyl (C=O) groups excluding carboxylic acids is 2. The second-order valence-electron chi connectivity index (χ2n) is 5.97. The summed E-state index contributed by atoms with van der Waals surface area (Å²) in [5, 5.41) is 0. The van der Waals surface area contributed by atoms with Gasteiger partial charge in [0.25, 0.3) is 0 Å². The zero-order chi connectivity index (χ0) is 13.2. The van der Waals surface area contributed by atoms with Crippen molar-refractivity contribution < 1.29 is 14.3 Å². The lowest BCUT2D eigenvalue weighted by Crippen LogP contribution is -2.36. The molecule has 0 aromatic carbocycles. The number of amides is 1. The van der Waals surface area contributed by atoms with E-state index in [1.54, 1.807) is 4.90 Å². The Bertz CT molecular complexity index is 304. The fourth-order valence-corrected chi connectivity index (χ4v) is 1.96. The molecule has 1 amide bonds. The van der Waals surface area contributed by atoms with Crippen molar-refractivity contribution in [3.05, 3.63) is 0 Å². The quantitative estimate of drug-likeness (QED) is 0.746. The number of Topliss-reactive ketones (excluding diaryl/α,β-unsaturated/α-hetero) is 1. The van der Waals surface area contributed by atoms with Crippen LogP contribution in [-0.4, -0.2) is 35.5 Å². The molecule has 1 heterocycles. The first-order valence-electron chi connectivity index (χ1n) is 6.22. The maximum absolute atomic E-state index is 11.8. The predicted octanol–water partition coefficient (Wildman–Crippen LogP) is 2.47. The minimum atomic E-state index is -0.475. The standard InChI is InChI=1S/C13H23NO3/c1-9(2)11(15)10-6-7-14(8-10)12(16)17-13(3,4)5/h9-10H,6-8H2,1-5H3/t10-/m1/s1. The number of hydrogen-bond acceptors (Lipinski definition) is 3. The van der Waals surface area contributed by atoms with E-state index in [4.69, 9.17) is 4.74 Å². The molecule has 0 N–H and O–H groups in total. The molecule has 1 atom stereocenters. The highest BCUT2D eigenvalue weighted by molar-refractivity contribution is 5.84. The van der Waals surface area contributed by atoms with Crippen molar-refractivity contribution in [3.63, 3.8) is 0 Å². The Morgan fingerprint density at radius 2 is 1.88 bits per heavy atom. The number of likely N-dealkylation sites (tertiary alicyclic amines) is 1. The molecule has 1 aliphatic rings. The molecule has 0 aliphatic carbocycles. The zero-order valence-electron chi connectivity index (χ0n) is 11.4. The maximum atomic E-state index is 11.8. The monoisotopic (exact) mass is 241 g/mol. The number of ether oxygens (including phenoxy) is 1. The van der Waals surface area contributed by atoms with Gasteiger partial charge in [-0.3, -0.25) is 4.79 Å². The number of hydrogen-bond donors (Lipinski definition) is 0. The Hall–Kier alpha value is -1.06. The molecule has 1 saturated heterocycles. The summed E-state index contributed by atoms with van der Waals surface area (Å²) in [7, 11) is 0. The van der Waals surface area contributed by atoms with Gasteiger partial charge in [0, 0.05) is 24.9 Å². The number of rotatable bonds is 2. The highest BCUT2D eigenvalue weighted by Crippen LogP contribution is 2.22. The predicted molar refractivity (Wildman–Crippen MR) is 65.8 cm³/mol. The van der Waals surface area contributed by atoms with Crippen LogP contribution in [0.2, 0.25) is 0 Å². The van der Waals surface area contributed by atoms with Crippen LogP contribution in [0.4, 0.5) is 4.79 Å². The summed E-state index contributed by atoms with van der Waals surface area (Å²) in [5.41, 5.74) is -0.475. The lowest BCUT2D eigenvalue weighted by Gasteiger charge is -2.24. The topological polar surface area (TPSA) is 46.6 Å². The average molecular weight is 241 g/mol. The van der Waals surface area contributed by atoms with E-state index in [-0.39, 0.29) is 23.7 Å². The van der Waals surface area contributed by atoms with Crippen LogP contribution in [0.15, 0.2) is 0 Å². The van der Waals surface area contributed by atoms with E-state index in [0.717, 1.165) is 6.42 Å². The minimum Gasteiger partial charge on any atom is -0.444 e. The molecular formula is C13H23NO3. The summed E-state index contributed by atoms with van der Waals surface area (Å²) in [6.45, 7) is 10.5. The molecule has 0 unspecified atom stereocenters. The van der Waals surface area contributed by atoms with Gasteiger partial charge in [0.1, 0.15) is 11.4 Å². The van der Waals surface area contributed by atoms with Crippen LogP contribution in [0.3, 0.4) is 0 Å². The third kappa shape index (κ3) is 4.02. The van der Waals surface area contributed by atoms with Gasteiger partial charge in [-0.15, -0.1) is 0 Å². The van der Waals surface area contributed by atoms with Gasteiger partial charge in [0.2, 0.25) is 0 Å². The van der Waals surface area contributed by atoms with E-state index < -0.39 is 5.60 Å². The van der Waals surface area contributed by atoms with Crippen molar-refractivity contribution in [2.45, 2.75) is 46.6 Å². The third-order valence-corrected chi connectivity index (χ3v) is 2.81. The van der Waals surface area contributed by atoms with Crippen molar-refractivity contribution >= 4 is 11.9 Å². The lowest BCUT2D eigenvalue weighted by molar-refractivity contribution is -0.125. The lowest BCUT2D eigenvalue weighted by atomic mass is 9.95. The Morgan fingerprint density at radius 3 is 2.35 bits per heavy atom. The Labute approximate surface area is 103 Å². The normalized spacial score (nSPS) is 20.8. The molecule has 98 valence electrons. The van der Waals surface area contributed by atoms with Crippen molar-refractivity contribution in [1.29, 1.82) is 0 Å². The summed E-state index contributed by atoms with van der Waals surface area (Å²) in [4.78, 5) is 25.2. The van der Waals surface area contributed by atoms with Gasteiger partial charge in [0.05, 0.1) is 0 Å². The SMILES string of the molecule is CC(C)C(=O)[C@@H]1CCN(C(=O)OC(C)(C)C)C1. The summed E-state index contributed by atoms with van der Waals surface area (Å²) in [6.07, 6.45) is 0.451. The average Bonchev–Trinajstić information content (AvgIpc) is 2.62. The second kappa shape index (κ2) is 5.07. The van der Waals surface area contributed by atoms with Gasteiger partial charge < -0.3 is 9.64 Å². The van der Waals surface area contributed by atoms with Gasteiger partial charge >= 0.3 is 6.09 Å². The van der Waals surface area contributed by atoms with Crippen molar-refractivity contribution in [1.82, 2.24) is 4.90 Å². The summed E-state index contributed by atoms with van der Waals surface area (Å²) < 4.78 is 5.29. The van der Waals surface area contributed by atoms with Crippen molar-refractivity contribution in [2.24, 2.45) is 11.8 Å². The first kappa shape index (κ1) is 14.0. The van der Waals surface area contributed by atoms with Crippen LogP contribution < -0.4 is 0 Å². The van der Waals surface area contributed by atoms with Gasteiger partial charge in [-0.25, -0.2) is 4.79 Å². The second-order valence-corrected chi connectivity index (χ2v) is 5.97. The molecule has 0 bridgehead atoms. The molecule has 0 aromatic heterocycles. The largest absolute Gasteiger partial charge is 0.444 e. The molecule has 0 radical (unpaired) electrons. The van der Waals surface area contributed by atoms with E-state index in [9.17, 15) is 9.59 Å². The van der Waals surface area contributed by atoms with E-state index >= 15 is 0 Å². The number of ketones is 1. The summed E-state index contributed by atoms with van der Waals surface area (Å²) in [6, 6.07) is 0. The smallest absolute Gasteiger partial charge is 0.410 e. The highest BCUT2D eigenvalue weighted by Gasteiger charge is 2.33. The molecule has 0 saturated carbocycles. The minimum absolute atomic E-state index is 0.0116. The van der Waals surface area contributed by atoms with E-state index in [1.807, 2.05) is 34.6 Å². The van der Waals surface area contributed by atoms with Gasteiger partial charge in [-0.1, -0.05) is 13.8 Å². The van der Waals surface area contributed by atoms with Crippen LogP contribution in [0.5, 0.6) is 0 Å². The van der Waals surface area contributed by atoms with Gasteiger partial charge in [-0.05, 0) is 27.2 Å². The van der Waals surface area contributed by atoms with Crippen LogP contribution in [0.1, 0.15) is 41.0 Å². The summed E-state index contributed by atoms with van der Waals surface area (Å²) in [5.74, 6) is 0.275. The Kier molecular flexibility index (Phi) is 4.17. The molecule has 0 spiro atoms. The van der Waals surface area contributed by atoms with Gasteiger partial charge in [-0.2, -0.15) is 0 Å². The molecular weight excluding hydrogens is 218 g/mol. The maximum Gasteiger partial charge on any atom is 0.410 e. The molecule has 4 heteroatoms. The van der Waals surface area contributed by atoms with Crippen LogP contribution in [0, 0.1) is 11.8 Å². The fourth-order valence-electron chi connectivity index (χ4n) is 1.96. The Balaban J connectivity index is 2.51. The van der Waals surface area contributed by atoms with Gasteiger partial charge in [0.15, 0.2) is 0 Å². The molecule has 1 aliphatic heterocycles. The molecule has 17 heavy (non-hydrogen) atoms. The third-order valence-electron chi connectivity index (χ3n) is 2.81. The number of carbonyl (C=O) groups is 2. The first-order chi connectivity index (χ1) is 7.70. The van der Waals surface area contributed by atoms with Crippen LogP contribution in [-0.2, 0) is 9.53 Å².